The van der Waals surface area contributed by atoms with Gasteiger partial charge in [0.25, 0.3) is 0 Å². The Morgan fingerprint density at radius 3 is 2.20 bits per heavy atom. The van der Waals surface area contributed by atoms with Gasteiger partial charge in [0.15, 0.2) is 5.79 Å². The highest BCUT2D eigenvalue weighted by molar-refractivity contribution is 6.60. The van der Waals surface area contributed by atoms with Crippen molar-refractivity contribution in [1.82, 2.24) is 5.32 Å². The molecule has 0 aromatic carbocycles. The van der Waals surface area contributed by atoms with Crippen LogP contribution in [0.15, 0.2) is 0 Å². The van der Waals surface area contributed by atoms with Crippen molar-refractivity contribution < 1.29 is 41.8 Å². The summed E-state index contributed by atoms with van der Waals surface area (Å²) < 4.78 is 43.9. The van der Waals surface area contributed by atoms with Crippen LogP contribution in [-0.4, -0.2) is 93.8 Å². The topological polar surface area (TPSA) is 106 Å². The van der Waals surface area contributed by atoms with Crippen molar-refractivity contribution >= 4 is 14.9 Å². The summed E-state index contributed by atoms with van der Waals surface area (Å²) in [5.41, 5.74) is 0. The number of alkyl carbamates (subject to hydrolysis) is 1. The molecule has 1 unspecified atom stereocenters. The molecular weight excluding hydrogens is 414 g/mol. The molecule has 0 aromatic heterocycles. The third-order valence-electron chi connectivity index (χ3n) is 4.23. The van der Waals surface area contributed by atoms with E-state index < -0.39 is 20.7 Å². The molecule has 1 aliphatic rings. The lowest BCUT2D eigenvalue weighted by atomic mass is 10.3. The van der Waals surface area contributed by atoms with Crippen molar-refractivity contribution in [3.63, 3.8) is 0 Å². The molecule has 178 valence electrons. The van der Waals surface area contributed by atoms with E-state index in [2.05, 4.69) is 5.32 Å². The fourth-order valence-corrected chi connectivity index (χ4v) is 5.37. The van der Waals surface area contributed by atoms with E-state index in [-0.39, 0.29) is 6.61 Å². The van der Waals surface area contributed by atoms with Gasteiger partial charge in [0.1, 0.15) is 6.61 Å². The first kappa shape index (κ1) is 27.2. The van der Waals surface area contributed by atoms with E-state index in [9.17, 15) is 4.79 Å². The van der Waals surface area contributed by atoms with Crippen LogP contribution in [0, 0.1) is 0 Å². The minimum atomic E-state index is -2.68. The van der Waals surface area contributed by atoms with Crippen LogP contribution in [0.25, 0.3) is 0 Å². The molecule has 1 rings (SSSR count). The number of rotatable bonds is 20. The smallest absolute Gasteiger partial charge is 0.449 e. The van der Waals surface area contributed by atoms with Crippen LogP contribution >= 0.6 is 0 Å². The Morgan fingerprint density at radius 2 is 1.63 bits per heavy atom. The predicted octanol–water partition coefficient (Wildman–Crippen LogP) is 1.95. The molecule has 1 amide bonds. The third-order valence-corrected chi connectivity index (χ3v) is 7.38. The monoisotopic (exact) mass is 453 g/mol. The molecule has 11 heteroatoms. The van der Waals surface area contributed by atoms with E-state index >= 15 is 0 Å². The summed E-state index contributed by atoms with van der Waals surface area (Å²) in [7, 11) is -1.05. The highest BCUT2D eigenvalue weighted by atomic mass is 28.4. The van der Waals surface area contributed by atoms with Crippen molar-refractivity contribution in [3.05, 3.63) is 0 Å². The number of methoxy groups -OCH3 is 1. The number of ether oxygens (including phenoxy) is 5. The van der Waals surface area contributed by atoms with Crippen LogP contribution in [0.3, 0.4) is 0 Å². The number of nitrogens with one attached hydrogen (secondary N) is 1. The van der Waals surface area contributed by atoms with Crippen LogP contribution in [-0.2, 0) is 37.0 Å². The van der Waals surface area contributed by atoms with Crippen molar-refractivity contribution in [2.24, 2.45) is 0 Å². The van der Waals surface area contributed by atoms with Crippen molar-refractivity contribution in [3.8, 4) is 0 Å². The van der Waals surface area contributed by atoms with Gasteiger partial charge < -0.3 is 42.3 Å². The van der Waals surface area contributed by atoms with Crippen LogP contribution in [0.2, 0.25) is 6.04 Å². The molecule has 0 spiro atoms. The maximum absolute atomic E-state index is 11.9. The summed E-state index contributed by atoms with van der Waals surface area (Å²) in [5, 5.41) is 2.74. The molecule has 0 bridgehead atoms. The second kappa shape index (κ2) is 15.9. The van der Waals surface area contributed by atoms with Gasteiger partial charge in [-0.3, -0.25) is 0 Å². The van der Waals surface area contributed by atoms with Gasteiger partial charge in [0, 0.05) is 45.9 Å². The Balaban J connectivity index is 2.14. The fourth-order valence-electron chi connectivity index (χ4n) is 2.76. The summed E-state index contributed by atoms with van der Waals surface area (Å²) in [6.45, 7) is 10.5. The van der Waals surface area contributed by atoms with Gasteiger partial charge in [-0.1, -0.05) is 0 Å². The largest absolute Gasteiger partial charge is 0.500 e. The first-order valence-corrected chi connectivity index (χ1v) is 12.7. The lowest BCUT2D eigenvalue weighted by molar-refractivity contribution is -0.0781. The van der Waals surface area contributed by atoms with Crippen LogP contribution in [0.4, 0.5) is 4.79 Å². The van der Waals surface area contributed by atoms with Gasteiger partial charge in [-0.05, 0) is 27.2 Å². The Kier molecular flexibility index (Phi) is 14.5. The number of hydrogen-bond acceptors (Lipinski definition) is 9. The zero-order chi connectivity index (χ0) is 22.1. The van der Waals surface area contributed by atoms with Gasteiger partial charge in [-0.2, -0.15) is 0 Å². The molecular formula is C19H39NO9Si. The van der Waals surface area contributed by atoms with Crippen molar-refractivity contribution in [1.29, 1.82) is 0 Å². The molecule has 10 nitrogen and oxygen atoms in total. The van der Waals surface area contributed by atoms with Crippen LogP contribution < -0.4 is 5.32 Å². The summed E-state index contributed by atoms with van der Waals surface area (Å²) in [6, 6.07) is 0.639. The van der Waals surface area contributed by atoms with E-state index in [0.717, 1.165) is 0 Å². The van der Waals surface area contributed by atoms with Crippen molar-refractivity contribution in [2.75, 3.05) is 73.1 Å². The zero-order valence-electron chi connectivity index (χ0n) is 18.9. The Hall–Kier alpha value is -0.793. The SMILES string of the molecule is CCO[Si](CCCNC(=O)OCCC1(OCCOCCOC)CO1)(OCC)OCC. The van der Waals surface area contributed by atoms with Gasteiger partial charge in [0.2, 0.25) is 0 Å². The molecule has 0 radical (unpaired) electrons. The molecule has 1 fully saturated rings. The maximum Gasteiger partial charge on any atom is 0.500 e. The van der Waals surface area contributed by atoms with E-state index in [1.54, 1.807) is 7.11 Å². The summed E-state index contributed by atoms with van der Waals surface area (Å²) in [4.78, 5) is 11.9. The molecule has 1 atom stereocenters. The molecule has 1 aliphatic heterocycles. The maximum atomic E-state index is 11.9. The molecule has 0 aromatic rings. The number of carbonyl (C=O) groups is 1. The second-order valence-corrected chi connectivity index (χ2v) is 9.28. The van der Waals surface area contributed by atoms with Gasteiger partial charge in [-0.15, -0.1) is 0 Å². The highest BCUT2D eigenvalue weighted by Gasteiger charge is 2.46. The van der Waals surface area contributed by atoms with Crippen LogP contribution in [0.5, 0.6) is 0 Å². The number of carbonyl (C=O) groups excluding carboxylic acids is 1. The summed E-state index contributed by atoms with van der Waals surface area (Å²) in [5.74, 6) is -0.650. The fraction of sp³-hybridized carbons (Fsp3) is 0.947. The van der Waals surface area contributed by atoms with E-state index in [4.69, 9.17) is 37.0 Å². The third kappa shape index (κ3) is 11.6. The molecule has 1 saturated heterocycles. The molecule has 1 N–H and O–H groups in total. The minimum Gasteiger partial charge on any atom is -0.449 e. The molecule has 0 aliphatic carbocycles. The zero-order valence-corrected chi connectivity index (χ0v) is 19.9. The molecule has 1 heterocycles. The number of epoxide rings is 1. The average molecular weight is 454 g/mol. The van der Waals surface area contributed by atoms with Gasteiger partial charge in [-0.25, -0.2) is 4.79 Å². The van der Waals surface area contributed by atoms with Gasteiger partial charge in [0.05, 0.1) is 33.0 Å². The predicted molar refractivity (Wildman–Crippen MR) is 111 cm³/mol. The highest BCUT2D eigenvalue weighted by Crippen LogP contribution is 2.32. The number of amides is 1. The van der Waals surface area contributed by atoms with E-state index in [0.29, 0.717) is 78.3 Å². The summed E-state index contributed by atoms with van der Waals surface area (Å²) >= 11 is 0. The van der Waals surface area contributed by atoms with Gasteiger partial charge >= 0.3 is 14.9 Å². The first-order valence-electron chi connectivity index (χ1n) is 10.7. The quantitative estimate of drug-likeness (QED) is 0.168. The Labute approximate surface area is 181 Å². The summed E-state index contributed by atoms with van der Waals surface area (Å²) in [6.07, 6.45) is 0.693. The lowest BCUT2D eigenvalue weighted by Crippen LogP contribution is -2.46. The Bertz CT molecular complexity index is 435. The lowest BCUT2D eigenvalue weighted by Gasteiger charge is -2.28. The molecule has 30 heavy (non-hydrogen) atoms. The normalized spacial score (nSPS) is 18.4. The minimum absolute atomic E-state index is 0.214. The number of hydrogen-bond donors (Lipinski definition) is 1. The van der Waals surface area contributed by atoms with Crippen molar-refractivity contribution in [2.45, 2.75) is 45.4 Å². The van der Waals surface area contributed by atoms with E-state index in [1.807, 2.05) is 20.8 Å². The first-order chi connectivity index (χ1) is 14.6. The standard InChI is InChI=1S/C19H39NO9Si/c1-5-27-30(28-6-2,29-7-3)16-8-10-20-18(21)24-11-9-19(17-26-19)25-15-14-23-13-12-22-4/h5-17H2,1-4H3,(H,20,21). The molecule has 0 saturated carbocycles. The van der Waals surface area contributed by atoms with Crippen LogP contribution in [0.1, 0.15) is 33.6 Å². The second-order valence-electron chi connectivity index (χ2n) is 6.55. The Morgan fingerprint density at radius 1 is 1.00 bits per heavy atom. The van der Waals surface area contributed by atoms with E-state index in [1.165, 1.54) is 0 Å². The average Bonchev–Trinajstić information content (AvgIpc) is 3.48.